The molecule has 0 spiro atoms. The summed E-state index contributed by atoms with van der Waals surface area (Å²) in [6.07, 6.45) is 3.39. The molecule has 1 aromatic carbocycles. The summed E-state index contributed by atoms with van der Waals surface area (Å²) in [7, 11) is 0. The molecule has 0 aliphatic carbocycles. The summed E-state index contributed by atoms with van der Waals surface area (Å²) in [4.78, 5) is 16.3. The van der Waals surface area contributed by atoms with E-state index in [1.165, 1.54) is 0 Å². The second-order valence-corrected chi connectivity index (χ2v) is 7.02. The van der Waals surface area contributed by atoms with Crippen LogP contribution in [0.15, 0.2) is 59.8 Å². The van der Waals surface area contributed by atoms with Crippen LogP contribution in [0.25, 0.3) is 5.82 Å². The highest BCUT2D eigenvalue weighted by molar-refractivity contribution is 14.1. The molecule has 7 heteroatoms. The van der Waals surface area contributed by atoms with Crippen molar-refractivity contribution in [3.05, 3.63) is 75.2 Å². The number of nitrogens with one attached hydrogen (secondary N) is 1. The molecule has 0 radical (unpaired) electrons. The van der Waals surface area contributed by atoms with E-state index in [1.54, 1.807) is 12.4 Å². The number of amides is 1. The average Bonchev–Trinajstić information content (AvgIpc) is 2.95. The van der Waals surface area contributed by atoms with E-state index in [4.69, 9.17) is 4.74 Å². The average molecular weight is 474 g/mol. The standard InChI is InChI=1S/C20H19IN4O2/c1-14-11-16(15(2)25(14)19-9-5-6-10-22-19)12-23-24-20(26)13-27-18-8-4-3-7-17(18)21/h3-12H,13H2,1-2H3,(H,24,26)/b23-12+. The van der Waals surface area contributed by atoms with Crippen molar-refractivity contribution in [3.8, 4) is 11.6 Å². The zero-order valence-electron chi connectivity index (χ0n) is 15.0. The molecule has 3 aromatic rings. The minimum Gasteiger partial charge on any atom is -0.483 e. The number of pyridine rings is 1. The van der Waals surface area contributed by atoms with Crippen molar-refractivity contribution in [2.24, 2.45) is 5.10 Å². The van der Waals surface area contributed by atoms with Crippen LogP contribution < -0.4 is 10.2 Å². The number of carbonyl (C=O) groups is 1. The molecule has 3 rings (SSSR count). The minimum absolute atomic E-state index is 0.0929. The normalized spacial score (nSPS) is 10.9. The minimum atomic E-state index is -0.315. The number of carbonyl (C=O) groups excluding carboxylic acids is 1. The predicted octanol–water partition coefficient (Wildman–Crippen LogP) is 3.62. The number of hydrogen-bond donors (Lipinski definition) is 1. The van der Waals surface area contributed by atoms with E-state index in [9.17, 15) is 4.79 Å². The Hall–Kier alpha value is -2.68. The Morgan fingerprint density at radius 1 is 1.26 bits per heavy atom. The Bertz CT molecular complexity index is 967. The quantitative estimate of drug-likeness (QED) is 0.337. The lowest BCUT2D eigenvalue weighted by Crippen LogP contribution is -2.24. The topological polar surface area (TPSA) is 68.5 Å². The molecule has 0 fully saturated rings. The van der Waals surface area contributed by atoms with Gasteiger partial charge in [0.2, 0.25) is 0 Å². The lowest BCUT2D eigenvalue weighted by Gasteiger charge is -2.07. The Kier molecular flexibility index (Phi) is 6.23. The molecule has 0 bridgehead atoms. The zero-order valence-corrected chi connectivity index (χ0v) is 17.2. The Balaban J connectivity index is 1.62. The number of rotatable bonds is 6. The van der Waals surface area contributed by atoms with Crippen LogP contribution in [0, 0.1) is 17.4 Å². The van der Waals surface area contributed by atoms with E-state index < -0.39 is 0 Å². The highest BCUT2D eigenvalue weighted by Gasteiger charge is 2.10. The van der Waals surface area contributed by atoms with Crippen LogP contribution in [0.4, 0.5) is 0 Å². The van der Waals surface area contributed by atoms with Gasteiger partial charge in [0.05, 0.1) is 9.78 Å². The van der Waals surface area contributed by atoms with Crippen LogP contribution in [0.5, 0.6) is 5.75 Å². The van der Waals surface area contributed by atoms with Crippen molar-refractivity contribution < 1.29 is 9.53 Å². The van der Waals surface area contributed by atoms with Gasteiger partial charge in [-0.3, -0.25) is 4.79 Å². The zero-order chi connectivity index (χ0) is 19.2. The van der Waals surface area contributed by atoms with Gasteiger partial charge in [0.1, 0.15) is 11.6 Å². The first-order valence-corrected chi connectivity index (χ1v) is 9.43. The van der Waals surface area contributed by atoms with Gasteiger partial charge < -0.3 is 9.30 Å². The fraction of sp³-hybridized carbons (Fsp3) is 0.150. The number of nitrogens with zero attached hydrogens (tertiary/aromatic N) is 3. The van der Waals surface area contributed by atoms with Crippen LogP contribution in [-0.2, 0) is 4.79 Å². The first-order valence-electron chi connectivity index (χ1n) is 8.36. The molecular formula is C20H19IN4O2. The van der Waals surface area contributed by atoms with Crippen molar-refractivity contribution in [2.75, 3.05) is 6.61 Å². The number of ether oxygens (including phenoxy) is 1. The number of halogens is 1. The molecule has 6 nitrogen and oxygen atoms in total. The number of aromatic nitrogens is 2. The van der Waals surface area contributed by atoms with Crippen LogP contribution in [0.2, 0.25) is 0 Å². The van der Waals surface area contributed by atoms with Gasteiger partial charge >= 0.3 is 0 Å². The van der Waals surface area contributed by atoms with Gasteiger partial charge in [0.15, 0.2) is 6.61 Å². The number of benzene rings is 1. The third kappa shape index (κ3) is 4.73. The molecule has 0 saturated carbocycles. The molecule has 0 atom stereocenters. The molecule has 0 unspecified atom stereocenters. The molecule has 0 aliphatic rings. The van der Waals surface area contributed by atoms with Gasteiger partial charge in [-0.25, -0.2) is 10.4 Å². The molecule has 2 aromatic heterocycles. The number of para-hydroxylation sites is 1. The van der Waals surface area contributed by atoms with Gasteiger partial charge in [-0.15, -0.1) is 0 Å². The smallest absolute Gasteiger partial charge is 0.277 e. The van der Waals surface area contributed by atoms with E-state index in [0.29, 0.717) is 5.75 Å². The van der Waals surface area contributed by atoms with Crippen LogP contribution in [0.1, 0.15) is 17.0 Å². The lowest BCUT2D eigenvalue weighted by atomic mass is 10.3. The van der Waals surface area contributed by atoms with Crippen molar-refractivity contribution in [1.82, 2.24) is 15.0 Å². The van der Waals surface area contributed by atoms with Crippen molar-refractivity contribution >= 4 is 34.7 Å². The second-order valence-electron chi connectivity index (χ2n) is 5.86. The van der Waals surface area contributed by atoms with Crippen LogP contribution >= 0.6 is 22.6 Å². The number of hydrogen-bond acceptors (Lipinski definition) is 4. The van der Waals surface area contributed by atoms with Crippen LogP contribution in [0.3, 0.4) is 0 Å². The fourth-order valence-electron chi connectivity index (χ4n) is 2.67. The maximum atomic E-state index is 11.9. The third-order valence-electron chi connectivity index (χ3n) is 3.94. The first-order chi connectivity index (χ1) is 13.1. The highest BCUT2D eigenvalue weighted by Crippen LogP contribution is 2.19. The summed E-state index contributed by atoms with van der Waals surface area (Å²) in [5.74, 6) is 1.21. The molecule has 27 heavy (non-hydrogen) atoms. The van der Waals surface area contributed by atoms with E-state index in [2.05, 4.69) is 38.1 Å². The summed E-state index contributed by atoms with van der Waals surface area (Å²) in [6, 6.07) is 15.3. The molecule has 1 N–H and O–H groups in total. The summed E-state index contributed by atoms with van der Waals surface area (Å²) < 4.78 is 8.50. The van der Waals surface area contributed by atoms with Crippen LogP contribution in [-0.4, -0.2) is 28.3 Å². The molecule has 1 amide bonds. The Morgan fingerprint density at radius 3 is 2.78 bits per heavy atom. The molecule has 2 heterocycles. The third-order valence-corrected chi connectivity index (χ3v) is 4.83. The first kappa shape index (κ1) is 19.1. The summed E-state index contributed by atoms with van der Waals surface area (Å²) in [5.41, 5.74) is 5.45. The monoisotopic (exact) mass is 474 g/mol. The van der Waals surface area contributed by atoms with Gasteiger partial charge in [-0.05, 0) is 66.8 Å². The van der Waals surface area contributed by atoms with E-state index in [1.807, 2.05) is 66.9 Å². The number of aryl methyl sites for hydroxylation is 1. The van der Waals surface area contributed by atoms with E-state index in [-0.39, 0.29) is 12.5 Å². The van der Waals surface area contributed by atoms with E-state index >= 15 is 0 Å². The molecule has 0 aliphatic heterocycles. The molecular weight excluding hydrogens is 455 g/mol. The summed E-state index contributed by atoms with van der Waals surface area (Å²) in [5, 5.41) is 4.05. The van der Waals surface area contributed by atoms with Crippen molar-refractivity contribution in [1.29, 1.82) is 0 Å². The van der Waals surface area contributed by atoms with Gasteiger partial charge in [-0.1, -0.05) is 18.2 Å². The summed E-state index contributed by atoms with van der Waals surface area (Å²) >= 11 is 2.16. The maximum Gasteiger partial charge on any atom is 0.277 e. The second kappa shape index (κ2) is 8.81. The fourth-order valence-corrected chi connectivity index (χ4v) is 3.21. The van der Waals surface area contributed by atoms with Gasteiger partial charge in [0.25, 0.3) is 5.91 Å². The Labute approximate surface area is 171 Å². The maximum absolute atomic E-state index is 11.9. The lowest BCUT2D eigenvalue weighted by molar-refractivity contribution is -0.123. The SMILES string of the molecule is Cc1cc(/C=N/NC(=O)COc2ccccc2I)c(C)n1-c1ccccn1. The van der Waals surface area contributed by atoms with Gasteiger partial charge in [0, 0.05) is 23.1 Å². The molecule has 138 valence electrons. The number of hydrazone groups is 1. The largest absolute Gasteiger partial charge is 0.483 e. The summed E-state index contributed by atoms with van der Waals surface area (Å²) in [6.45, 7) is 3.91. The van der Waals surface area contributed by atoms with Crippen molar-refractivity contribution in [3.63, 3.8) is 0 Å². The Morgan fingerprint density at radius 2 is 2.04 bits per heavy atom. The highest BCUT2D eigenvalue weighted by atomic mass is 127. The van der Waals surface area contributed by atoms with E-state index in [0.717, 1.165) is 26.3 Å². The van der Waals surface area contributed by atoms with Gasteiger partial charge in [-0.2, -0.15) is 5.10 Å². The van der Waals surface area contributed by atoms with Crippen molar-refractivity contribution in [2.45, 2.75) is 13.8 Å². The molecule has 0 saturated heterocycles. The predicted molar refractivity (Wildman–Crippen MR) is 113 cm³/mol.